The van der Waals surface area contributed by atoms with E-state index < -0.39 is 24.4 Å². The van der Waals surface area contributed by atoms with Gasteiger partial charge in [-0.15, -0.1) is 0 Å². The summed E-state index contributed by atoms with van der Waals surface area (Å²) in [5, 5.41) is 5.56. The molecule has 0 heterocycles. The van der Waals surface area contributed by atoms with Crippen LogP contribution in [0.3, 0.4) is 0 Å². The fraction of sp³-hybridized carbons (Fsp3) is 0.105. The summed E-state index contributed by atoms with van der Waals surface area (Å²) < 4.78 is 4.97. The molecule has 0 bridgehead atoms. The molecule has 0 saturated heterocycles. The van der Waals surface area contributed by atoms with Crippen LogP contribution in [0, 0.1) is 0 Å². The van der Waals surface area contributed by atoms with Crippen LogP contribution >= 0.6 is 23.2 Å². The van der Waals surface area contributed by atoms with E-state index in [1.54, 1.807) is 30.3 Å². The SMILES string of the molecule is CC(=O)N/C(=C/c1ccccc1)C(=O)OCC(=O)Nc1ccc(Cl)c(Cl)c1. The molecular weight excluding hydrogens is 391 g/mol. The second kappa shape index (κ2) is 9.75. The Morgan fingerprint density at radius 2 is 1.74 bits per heavy atom. The van der Waals surface area contributed by atoms with Crippen molar-refractivity contribution in [1.29, 1.82) is 0 Å². The van der Waals surface area contributed by atoms with Crippen molar-refractivity contribution in [2.24, 2.45) is 0 Å². The van der Waals surface area contributed by atoms with Crippen molar-refractivity contribution in [3.63, 3.8) is 0 Å². The van der Waals surface area contributed by atoms with Gasteiger partial charge in [-0.25, -0.2) is 4.79 Å². The molecule has 2 aromatic rings. The van der Waals surface area contributed by atoms with Gasteiger partial charge in [-0.3, -0.25) is 9.59 Å². The minimum Gasteiger partial charge on any atom is -0.451 e. The number of hydrogen-bond donors (Lipinski definition) is 2. The third-order valence-electron chi connectivity index (χ3n) is 3.18. The second-order valence-corrected chi connectivity index (χ2v) is 6.22. The van der Waals surface area contributed by atoms with Gasteiger partial charge in [0.05, 0.1) is 10.0 Å². The van der Waals surface area contributed by atoms with Gasteiger partial charge >= 0.3 is 5.97 Å². The third-order valence-corrected chi connectivity index (χ3v) is 3.92. The molecule has 0 radical (unpaired) electrons. The number of ether oxygens (including phenoxy) is 1. The summed E-state index contributed by atoms with van der Waals surface area (Å²) in [6, 6.07) is 13.5. The first-order valence-electron chi connectivity index (χ1n) is 7.81. The lowest BCUT2D eigenvalue weighted by Crippen LogP contribution is -2.28. The molecule has 2 amide bonds. The number of carbonyl (C=O) groups excluding carboxylic acids is 3. The van der Waals surface area contributed by atoms with Gasteiger partial charge in [-0.05, 0) is 29.8 Å². The zero-order valence-electron chi connectivity index (χ0n) is 14.3. The molecule has 27 heavy (non-hydrogen) atoms. The first-order valence-corrected chi connectivity index (χ1v) is 8.57. The van der Waals surface area contributed by atoms with Crippen molar-refractivity contribution in [2.45, 2.75) is 6.92 Å². The fourth-order valence-corrected chi connectivity index (χ4v) is 2.33. The summed E-state index contributed by atoms with van der Waals surface area (Å²) in [5.41, 5.74) is 1.03. The quantitative estimate of drug-likeness (QED) is 0.566. The van der Waals surface area contributed by atoms with E-state index in [0.29, 0.717) is 16.3 Å². The van der Waals surface area contributed by atoms with Crippen LogP contribution < -0.4 is 10.6 Å². The van der Waals surface area contributed by atoms with Crippen molar-refractivity contribution in [3.8, 4) is 0 Å². The summed E-state index contributed by atoms with van der Waals surface area (Å²) in [7, 11) is 0. The van der Waals surface area contributed by atoms with E-state index in [4.69, 9.17) is 27.9 Å². The van der Waals surface area contributed by atoms with Gasteiger partial charge < -0.3 is 15.4 Å². The highest BCUT2D eigenvalue weighted by Gasteiger charge is 2.15. The van der Waals surface area contributed by atoms with E-state index in [9.17, 15) is 14.4 Å². The molecule has 2 aromatic carbocycles. The summed E-state index contributed by atoms with van der Waals surface area (Å²) in [4.78, 5) is 35.5. The van der Waals surface area contributed by atoms with E-state index in [1.807, 2.05) is 6.07 Å². The van der Waals surface area contributed by atoms with Crippen LogP contribution in [0.2, 0.25) is 10.0 Å². The number of halogens is 2. The average Bonchev–Trinajstić information content (AvgIpc) is 2.63. The zero-order valence-corrected chi connectivity index (χ0v) is 15.8. The lowest BCUT2D eigenvalue weighted by atomic mass is 10.2. The first kappa shape index (κ1) is 20.5. The number of nitrogens with one attached hydrogen (secondary N) is 2. The highest BCUT2D eigenvalue weighted by molar-refractivity contribution is 6.42. The van der Waals surface area contributed by atoms with Crippen molar-refractivity contribution in [2.75, 3.05) is 11.9 Å². The Labute approximate surface area is 166 Å². The van der Waals surface area contributed by atoms with Gasteiger partial charge in [0.15, 0.2) is 6.61 Å². The van der Waals surface area contributed by atoms with E-state index >= 15 is 0 Å². The van der Waals surface area contributed by atoms with Gasteiger partial charge in [0, 0.05) is 12.6 Å². The summed E-state index contributed by atoms with van der Waals surface area (Å²) in [5.74, 6) is -1.84. The summed E-state index contributed by atoms with van der Waals surface area (Å²) in [6.07, 6.45) is 1.46. The van der Waals surface area contributed by atoms with E-state index in [0.717, 1.165) is 0 Å². The molecule has 0 fully saturated rings. The fourth-order valence-electron chi connectivity index (χ4n) is 2.03. The number of carbonyl (C=O) groups is 3. The topological polar surface area (TPSA) is 84.5 Å². The number of rotatable bonds is 6. The Morgan fingerprint density at radius 3 is 2.37 bits per heavy atom. The van der Waals surface area contributed by atoms with E-state index in [2.05, 4.69) is 10.6 Å². The van der Waals surface area contributed by atoms with Crippen LogP contribution in [-0.4, -0.2) is 24.4 Å². The molecule has 6 nitrogen and oxygen atoms in total. The number of hydrogen-bond acceptors (Lipinski definition) is 4. The van der Waals surface area contributed by atoms with Crippen LogP contribution in [0.4, 0.5) is 5.69 Å². The van der Waals surface area contributed by atoms with Crippen LogP contribution in [-0.2, 0) is 19.1 Å². The molecule has 0 unspecified atom stereocenters. The average molecular weight is 407 g/mol. The number of anilines is 1. The van der Waals surface area contributed by atoms with Crippen molar-refractivity contribution in [3.05, 3.63) is 69.8 Å². The maximum absolute atomic E-state index is 12.2. The Morgan fingerprint density at radius 1 is 1.04 bits per heavy atom. The highest BCUT2D eigenvalue weighted by Crippen LogP contribution is 2.24. The van der Waals surface area contributed by atoms with Crippen LogP contribution in [0.1, 0.15) is 12.5 Å². The van der Waals surface area contributed by atoms with Crippen LogP contribution in [0.25, 0.3) is 6.08 Å². The van der Waals surface area contributed by atoms with Crippen molar-refractivity contribution >= 4 is 52.7 Å². The number of esters is 1. The second-order valence-electron chi connectivity index (χ2n) is 5.40. The largest absolute Gasteiger partial charge is 0.451 e. The Hall–Kier alpha value is -2.83. The number of amides is 2. The molecule has 0 saturated carbocycles. The van der Waals surface area contributed by atoms with Crippen LogP contribution in [0.15, 0.2) is 54.2 Å². The van der Waals surface area contributed by atoms with E-state index in [1.165, 1.54) is 25.1 Å². The summed E-state index contributed by atoms with van der Waals surface area (Å²) in [6.45, 7) is 0.730. The predicted molar refractivity (Wildman–Crippen MR) is 104 cm³/mol. The van der Waals surface area contributed by atoms with Gasteiger partial charge in [0.2, 0.25) is 5.91 Å². The Balaban J connectivity index is 2.00. The monoisotopic (exact) mass is 406 g/mol. The molecule has 0 aliphatic heterocycles. The molecule has 0 spiro atoms. The molecule has 2 N–H and O–H groups in total. The third kappa shape index (κ3) is 6.77. The predicted octanol–water partition coefficient (Wildman–Crippen LogP) is 3.65. The highest BCUT2D eigenvalue weighted by atomic mass is 35.5. The van der Waals surface area contributed by atoms with Gasteiger partial charge in [0.1, 0.15) is 5.70 Å². The lowest BCUT2D eigenvalue weighted by Gasteiger charge is -2.10. The smallest absolute Gasteiger partial charge is 0.355 e. The molecule has 0 aliphatic rings. The van der Waals surface area contributed by atoms with Gasteiger partial charge in [0.25, 0.3) is 5.91 Å². The standard InChI is InChI=1S/C19H16Cl2N2O4/c1-12(24)22-17(9-13-5-3-2-4-6-13)19(26)27-11-18(25)23-14-7-8-15(20)16(21)10-14/h2-10H,11H2,1H3,(H,22,24)(H,23,25)/b17-9+. The minimum atomic E-state index is -0.835. The van der Waals surface area contributed by atoms with Gasteiger partial charge in [-0.2, -0.15) is 0 Å². The molecule has 8 heteroatoms. The Bertz CT molecular complexity index is 883. The van der Waals surface area contributed by atoms with Gasteiger partial charge in [-0.1, -0.05) is 53.5 Å². The molecular formula is C19H16Cl2N2O4. The normalized spacial score (nSPS) is 10.9. The molecule has 0 aliphatic carbocycles. The maximum atomic E-state index is 12.2. The van der Waals surface area contributed by atoms with Crippen molar-refractivity contribution < 1.29 is 19.1 Å². The maximum Gasteiger partial charge on any atom is 0.355 e. The number of benzene rings is 2. The first-order chi connectivity index (χ1) is 12.8. The van der Waals surface area contributed by atoms with Crippen molar-refractivity contribution in [1.82, 2.24) is 5.32 Å². The molecule has 0 aromatic heterocycles. The Kier molecular flexibility index (Phi) is 7.40. The van der Waals surface area contributed by atoms with Crippen LogP contribution in [0.5, 0.6) is 0 Å². The van der Waals surface area contributed by atoms with E-state index in [-0.39, 0.29) is 10.7 Å². The lowest BCUT2D eigenvalue weighted by molar-refractivity contribution is -0.144. The molecule has 140 valence electrons. The minimum absolute atomic E-state index is 0.0731. The summed E-state index contributed by atoms with van der Waals surface area (Å²) >= 11 is 11.7. The molecule has 0 atom stereocenters. The zero-order chi connectivity index (χ0) is 19.8. The molecule has 2 rings (SSSR count).